The number of amides is 1. The molecule has 1 amide bonds. The first-order valence-corrected chi connectivity index (χ1v) is 7.15. The summed E-state index contributed by atoms with van der Waals surface area (Å²) in [5.74, 6) is 1.20. The average molecular weight is 303 g/mol. The van der Waals surface area contributed by atoms with Gasteiger partial charge in [0.15, 0.2) is 0 Å². The second kappa shape index (κ2) is 6.98. The fourth-order valence-electron chi connectivity index (χ4n) is 2.19. The van der Waals surface area contributed by atoms with Crippen LogP contribution in [0.25, 0.3) is 0 Å². The zero-order valence-corrected chi connectivity index (χ0v) is 13.3. The Kier molecular flexibility index (Phi) is 5.04. The van der Waals surface area contributed by atoms with Crippen molar-refractivity contribution >= 4 is 5.91 Å². The van der Waals surface area contributed by atoms with Crippen LogP contribution in [0, 0.1) is 0 Å². The summed E-state index contributed by atoms with van der Waals surface area (Å²) in [7, 11) is 3.20. The zero-order valence-electron chi connectivity index (χ0n) is 13.3. The Bertz CT molecular complexity index is 652. The van der Waals surface area contributed by atoms with Crippen LogP contribution in [0.1, 0.15) is 35.9 Å². The van der Waals surface area contributed by atoms with Crippen molar-refractivity contribution in [1.29, 1.82) is 0 Å². The normalized spacial score (nSPS) is 11.8. The standard InChI is InChI=1S/C16H21N3O3/c1-5-19-9-8-14(18-19)16(20)17-11(2)13-10-12(21-3)6-7-15(13)22-4/h6-11H,5H2,1-4H3,(H,17,20)/t11-/m0/s1. The fraction of sp³-hybridized carbons (Fsp3) is 0.375. The Labute approximate surface area is 130 Å². The van der Waals surface area contributed by atoms with Gasteiger partial charge in [-0.2, -0.15) is 5.10 Å². The van der Waals surface area contributed by atoms with Crippen LogP contribution in [0.5, 0.6) is 11.5 Å². The molecule has 0 unspecified atom stereocenters. The van der Waals surface area contributed by atoms with E-state index in [1.54, 1.807) is 31.2 Å². The maximum absolute atomic E-state index is 12.3. The second-order valence-electron chi connectivity index (χ2n) is 4.86. The Morgan fingerprint density at radius 3 is 2.68 bits per heavy atom. The van der Waals surface area contributed by atoms with Gasteiger partial charge in [0.2, 0.25) is 0 Å². The zero-order chi connectivity index (χ0) is 16.1. The molecule has 0 aliphatic heterocycles. The van der Waals surface area contributed by atoms with Crippen molar-refractivity contribution in [1.82, 2.24) is 15.1 Å². The van der Waals surface area contributed by atoms with Gasteiger partial charge in [-0.05, 0) is 38.1 Å². The Morgan fingerprint density at radius 2 is 2.09 bits per heavy atom. The molecule has 0 bridgehead atoms. The third-order valence-corrected chi connectivity index (χ3v) is 3.45. The van der Waals surface area contributed by atoms with Gasteiger partial charge in [0.25, 0.3) is 5.91 Å². The fourth-order valence-corrected chi connectivity index (χ4v) is 2.19. The molecule has 0 spiro atoms. The van der Waals surface area contributed by atoms with E-state index >= 15 is 0 Å². The third-order valence-electron chi connectivity index (χ3n) is 3.45. The van der Waals surface area contributed by atoms with Gasteiger partial charge in [-0.25, -0.2) is 0 Å². The molecule has 6 heteroatoms. The molecule has 1 aromatic carbocycles. The Morgan fingerprint density at radius 1 is 1.32 bits per heavy atom. The highest BCUT2D eigenvalue weighted by Crippen LogP contribution is 2.29. The van der Waals surface area contributed by atoms with E-state index in [1.807, 2.05) is 32.0 Å². The summed E-state index contributed by atoms with van der Waals surface area (Å²) in [6.45, 7) is 4.59. The van der Waals surface area contributed by atoms with Gasteiger partial charge >= 0.3 is 0 Å². The van der Waals surface area contributed by atoms with Crippen LogP contribution in [-0.2, 0) is 6.54 Å². The third kappa shape index (κ3) is 3.39. The van der Waals surface area contributed by atoms with E-state index in [0.717, 1.165) is 12.1 Å². The SMILES string of the molecule is CCn1ccc(C(=O)N[C@@H](C)c2cc(OC)ccc2OC)n1. The van der Waals surface area contributed by atoms with Gasteiger partial charge in [-0.15, -0.1) is 0 Å². The lowest BCUT2D eigenvalue weighted by molar-refractivity contribution is 0.0933. The number of ether oxygens (including phenoxy) is 2. The molecule has 2 rings (SSSR count). The lowest BCUT2D eigenvalue weighted by Gasteiger charge is -2.17. The molecule has 6 nitrogen and oxygen atoms in total. The number of hydrogen-bond acceptors (Lipinski definition) is 4. The van der Waals surface area contributed by atoms with Crippen molar-refractivity contribution in [2.24, 2.45) is 0 Å². The average Bonchev–Trinajstić information content (AvgIpc) is 3.03. The maximum Gasteiger partial charge on any atom is 0.272 e. The minimum Gasteiger partial charge on any atom is -0.497 e. The van der Waals surface area contributed by atoms with Crippen molar-refractivity contribution in [3.63, 3.8) is 0 Å². The number of aryl methyl sites for hydroxylation is 1. The lowest BCUT2D eigenvalue weighted by atomic mass is 10.1. The first-order valence-electron chi connectivity index (χ1n) is 7.15. The van der Waals surface area contributed by atoms with Crippen molar-refractivity contribution in [3.8, 4) is 11.5 Å². The summed E-state index contributed by atoms with van der Waals surface area (Å²) >= 11 is 0. The molecular weight excluding hydrogens is 282 g/mol. The largest absolute Gasteiger partial charge is 0.497 e. The first kappa shape index (κ1) is 15.9. The summed E-state index contributed by atoms with van der Waals surface area (Å²) in [4.78, 5) is 12.3. The van der Waals surface area contributed by atoms with E-state index < -0.39 is 0 Å². The predicted molar refractivity (Wildman–Crippen MR) is 83.3 cm³/mol. The Hall–Kier alpha value is -2.50. The molecular formula is C16H21N3O3. The predicted octanol–water partition coefficient (Wildman–Crippen LogP) is 2.41. The molecule has 0 saturated carbocycles. The number of methoxy groups -OCH3 is 2. The lowest BCUT2D eigenvalue weighted by Crippen LogP contribution is -2.27. The van der Waals surface area contributed by atoms with Crippen LogP contribution in [-0.4, -0.2) is 29.9 Å². The maximum atomic E-state index is 12.3. The van der Waals surface area contributed by atoms with Crippen LogP contribution in [0.15, 0.2) is 30.5 Å². The number of carbonyl (C=O) groups is 1. The van der Waals surface area contributed by atoms with E-state index in [-0.39, 0.29) is 11.9 Å². The minimum atomic E-state index is -0.232. The highest BCUT2D eigenvalue weighted by atomic mass is 16.5. The van der Waals surface area contributed by atoms with E-state index in [2.05, 4.69) is 10.4 Å². The van der Waals surface area contributed by atoms with Crippen molar-refractivity contribution in [3.05, 3.63) is 41.7 Å². The van der Waals surface area contributed by atoms with E-state index in [1.165, 1.54) is 0 Å². The van der Waals surface area contributed by atoms with Gasteiger partial charge in [0.1, 0.15) is 17.2 Å². The first-order chi connectivity index (χ1) is 10.6. The van der Waals surface area contributed by atoms with Crippen molar-refractivity contribution in [2.75, 3.05) is 14.2 Å². The number of hydrogen-bond donors (Lipinski definition) is 1. The van der Waals surface area contributed by atoms with Crippen LogP contribution in [0.2, 0.25) is 0 Å². The van der Waals surface area contributed by atoms with Crippen LogP contribution in [0.4, 0.5) is 0 Å². The van der Waals surface area contributed by atoms with Gasteiger partial charge in [-0.3, -0.25) is 9.48 Å². The smallest absolute Gasteiger partial charge is 0.272 e. The summed E-state index contributed by atoms with van der Waals surface area (Å²) < 4.78 is 12.3. The van der Waals surface area contributed by atoms with Gasteiger partial charge in [0.05, 0.1) is 20.3 Å². The van der Waals surface area contributed by atoms with Gasteiger partial charge in [0, 0.05) is 18.3 Å². The molecule has 1 N–H and O–H groups in total. The number of rotatable bonds is 6. The molecule has 0 aliphatic carbocycles. The van der Waals surface area contributed by atoms with E-state index in [4.69, 9.17) is 9.47 Å². The number of nitrogens with zero attached hydrogens (tertiary/aromatic N) is 2. The molecule has 2 aromatic rings. The molecule has 0 fully saturated rings. The van der Waals surface area contributed by atoms with E-state index in [0.29, 0.717) is 17.2 Å². The van der Waals surface area contributed by atoms with Crippen LogP contribution < -0.4 is 14.8 Å². The quantitative estimate of drug-likeness (QED) is 0.890. The molecule has 1 aromatic heterocycles. The number of nitrogens with one attached hydrogen (secondary N) is 1. The summed E-state index contributed by atoms with van der Waals surface area (Å²) in [5, 5.41) is 7.13. The van der Waals surface area contributed by atoms with E-state index in [9.17, 15) is 4.79 Å². The number of aromatic nitrogens is 2. The van der Waals surface area contributed by atoms with Gasteiger partial charge < -0.3 is 14.8 Å². The number of benzene rings is 1. The van der Waals surface area contributed by atoms with Crippen LogP contribution in [0.3, 0.4) is 0 Å². The highest BCUT2D eigenvalue weighted by molar-refractivity contribution is 5.92. The molecule has 0 aliphatic rings. The van der Waals surface area contributed by atoms with Crippen molar-refractivity contribution in [2.45, 2.75) is 26.4 Å². The molecule has 22 heavy (non-hydrogen) atoms. The molecule has 1 atom stereocenters. The summed E-state index contributed by atoms with van der Waals surface area (Å²) in [6.07, 6.45) is 1.78. The molecule has 1 heterocycles. The highest BCUT2D eigenvalue weighted by Gasteiger charge is 2.17. The minimum absolute atomic E-state index is 0.218. The van der Waals surface area contributed by atoms with Gasteiger partial charge in [-0.1, -0.05) is 0 Å². The molecule has 0 radical (unpaired) electrons. The number of carbonyl (C=O) groups excluding carboxylic acids is 1. The molecule has 0 saturated heterocycles. The second-order valence-corrected chi connectivity index (χ2v) is 4.86. The monoisotopic (exact) mass is 303 g/mol. The summed E-state index contributed by atoms with van der Waals surface area (Å²) in [5.41, 5.74) is 1.25. The van der Waals surface area contributed by atoms with Crippen LogP contribution >= 0.6 is 0 Å². The molecule has 118 valence electrons. The topological polar surface area (TPSA) is 65.4 Å². The Balaban J connectivity index is 2.17. The summed E-state index contributed by atoms with van der Waals surface area (Å²) in [6, 6.07) is 6.97. The van der Waals surface area contributed by atoms with Crippen molar-refractivity contribution < 1.29 is 14.3 Å².